The van der Waals surface area contributed by atoms with Gasteiger partial charge in [0.25, 0.3) is 5.91 Å². The molecule has 6 nitrogen and oxygen atoms in total. The molecule has 6 rings (SSSR count). The summed E-state index contributed by atoms with van der Waals surface area (Å²) in [5, 5.41) is 2.65. The van der Waals surface area contributed by atoms with E-state index < -0.39 is 5.60 Å². The monoisotopic (exact) mass is 469 g/mol. The van der Waals surface area contributed by atoms with Gasteiger partial charge in [-0.2, -0.15) is 0 Å². The van der Waals surface area contributed by atoms with Gasteiger partial charge in [0.1, 0.15) is 0 Å². The molecule has 2 amide bonds. The summed E-state index contributed by atoms with van der Waals surface area (Å²) in [5.41, 5.74) is 6.13. The number of para-hydroxylation sites is 1. The van der Waals surface area contributed by atoms with Gasteiger partial charge >= 0.3 is 0 Å². The molecule has 1 N–H and O–H groups in total. The summed E-state index contributed by atoms with van der Waals surface area (Å²) in [6.07, 6.45) is 16.1. The molecule has 3 aliphatic carbocycles. The molecule has 1 fully saturated rings. The van der Waals surface area contributed by atoms with E-state index in [0.29, 0.717) is 5.92 Å². The second kappa shape index (κ2) is 8.38. The lowest BCUT2D eigenvalue weighted by atomic mass is 9.82. The number of nitrogens with one attached hydrogen (secondary N) is 1. The fourth-order valence-electron chi connectivity index (χ4n) is 6.55. The van der Waals surface area contributed by atoms with E-state index in [0.717, 1.165) is 43.6 Å². The first kappa shape index (κ1) is 22.1. The van der Waals surface area contributed by atoms with Gasteiger partial charge in [0.05, 0.1) is 12.1 Å². The Balaban J connectivity index is 1.25. The van der Waals surface area contributed by atoms with Gasteiger partial charge in [0.2, 0.25) is 5.91 Å². The molecule has 35 heavy (non-hydrogen) atoms. The first-order valence-corrected chi connectivity index (χ1v) is 12.5. The van der Waals surface area contributed by atoms with Crippen LogP contribution in [0.25, 0.3) is 0 Å². The van der Waals surface area contributed by atoms with Crippen LogP contribution in [0.1, 0.15) is 31.2 Å². The van der Waals surface area contributed by atoms with Crippen molar-refractivity contribution < 1.29 is 14.3 Å². The summed E-state index contributed by atoms with van der Waals surface area (Å²) < 4.78 is 5.84. The minimum absolute atomic E-state index is 0.0197. The Morgan fingerprint density at radius 2 is 1.91 bits per heavy atom. The van der Waals surface area contributed by atoms with E-state index in [1.54, 1.807) is 7.05 Å². The maximum absolute atomic E-state index is 13.9. The van der Waals surface area contributed by atoms with Crippen LogP contribution in [0, 0.1) is 5.92 Å². The zero-order valence-corrected chi connectivity index (χ0v) is 20.3. The van der Waals surface area contributed by atoms with E-state index in [-0.39, 0.29) is 24.3 Å². The van der Waals surface area contributed by atoms with Crippen LogP contribution in [0.5, 0.6) is 0 Å². The number of fused-ring (bicyclic) bond motifs is 1. The van der Waals surface area contributed by atoms with Crippen molar-refractivity contribution in [2.75, 3.05) is 32.1 Å². The Kier molecular flexibility index (Phi) is 5.29. The van der Waals surface area contributed by atoms with E-state index >= 15 is 0 Å². The summed E-state index contributed by atoms with van der Waals surface area (Å²) in [4.78, 5) is 30.7. The topological polar surface area (TPSA) is 61.9 Å². The van der Waals surface area contributed by atoms with Gasteiger partial charge in [-0.25, -0.2) is 0 Å². The molecule has 2 unspecified atom stereocenters. The number of methoxy groups -OCH3 is 1. The summed E-state index contributed by atoms with van der Waals surface area (Å²) in [7, 11) is 3.12. The van der Waals surface area contributed by atoms with Crippen LogP contribution in [0.2, 0.25) is 0 Å². The number of carbonyl (C=O) groups is 2. The quantitative estimate of drug-likeness (QED) is 0.714. The van der Waals surface area contributed by atoms with Gasteiger partial charge < -0.3 is 19.9 Å². The maximum Gasteiger partial charge on any atom is 0.264 e. The molecule has 2 aliphatic heterocycles. The number of amides is 2. The van der Waals surface area contributed by atoms with Crippen molar-refractivity contribution in [2.24, 2.45) is 5.92 Å². The maximum atomic E-state index is 13.9. The SMILES string of the molecule is CNC(=O)CC1(OC)C(=O)N(C2CCN(C3=C4C=CC=C5C=CC=C(C3)C54)CC2)c2ccccc21. The molecule has 1 saturated heterocycles. The predicted octanol–water partition coefficient (Wildman–Crippen LogP) is 3.74. The van der Waals surface area contributed by atoms with E-state index in [2.05, 4.69) is 46.7 Å². The molecule has 0 bridgehead atoms. The molecule has 0 saturated carbocycles. The normalized spacial score (nSPS) is 27.1. The third-order valence-electron chi connectivity index (χ3n) is 8.29. The average Bonchev–Trinajstić information content (AvgIpc) is 3.39. The molecule has 0 radical (unpaired) electrons. The molecular formula is C29H31N3O3. The third kappa shape index (κ3) is 3.27. The van der Waals surface area contributed by atoms with Crippen molar-refractivity contribution in [3.63, 3.8) is 0 Å². The van der Waals surface area contributed by atoms with Crippen molar-refractivity contribution in [1.29, 1.82) is 0 Å². The zero-order chi connectivity index (χ0) is 24.2. The predicted molar refractivity (Wildman–Crippen MR) is 135 cm³/mol. The van der Waals surface area contributed by atoms with E-state index in [1.807, 2.05) is 29.2 Å². The standard InChI is InChI=1S/C29H31N3O3/c1-30-26(33)18-29(35-2)23-11-3-4-12-24(23)32(28(29)34)21-13-15-31(16-14-21)25-17-20-9-5-7-19-8-6-10-22(25)27(19)20/h3-12,21,27H,13-18H2,1-2H3,(H,30,33). The third-order valence-corrected chi connectivity index (χ3v) is 8.29. The van der Waals surface area contributed by atoms with Gasteiger partial charge in [-0.15, -0.1) is 0 Å². The lowest BCUT2D eigenvalue weighted by Crippen LogP contribution is -2.51. The highest BCUT2D eigenvalue weighted by Crippen LogP contribution is 2.49. The van der Waals surface area contributed by atoms with Crippen molar-refractivity contribution >= 4 is 17.5 Å². The molecule has 0 spiro atoms. The summed E-state index contributed by atoms with van der Waals surface area (Å²) >= 11 is 0. The number of anilines is 1. The van der Waals surface area contributed by atoms with Crippen LogP contribution in [-0.4, -0.2) is 50.0 Å². The van der Waals surface area contributed by atoms with Gasteiger partial charge in [0, 0.05) is 56.9 Å². The number of rotatable bonds is 5. The highest BCUT2D eigenvalue weighted by atomic mass is 16.5. The van der Waals surface area contributed by atoms with Crippen molar-refractivity contribution in [2.45, 2.75) is 37.3 Å². The first-order valence-electron chi connectivity index (χ1n) is 12.5. The molecule has 0 aromatic heterocycles. The number of ether oxygens (including phenoxy) is 1. The van der Waals surface area contributed by atoms with Gasteiger partial charge in [-0.3, -0.25) is 9.59 Å². The van der Waals surface area contributed by atoms with Gasteiger partial charge in [-0.05, 0) is 30.1 Å². The van der Waals surface area contributed by atoms with Gasteiger partial charge in [-0.1, -0.05) is 60.2 Å². The fourth-order valence-corrected chi connectivity index (χ4v) is 6.55. The van der Waals surface area contributed by atoms with Crippen molar-refractivity contribution in [3.8, 4) is 0 Å². The highest BCUT2D eigenvalue weighted by molar-refractivity contribution is 6.09. The minimum atomic E-state index is -1.27. The molecule has 1 aromatic carbocycles. The molecule has 2 atom stereocenters. The number of nitrogens with zero attached hydrogens (tertiary/aromatic N) is 2. The Bertz CT molecular complexity index is 1250. The van der Waals surface area contributed by atoms with Crippen molar-refractivity contribution in [1.82, 2.24) is 10.2 Å². The van der Waals surface area contributed by atoms with Crippen molar-refractivity contribution in [3.05, 3.63) is 88.7 Å². The number of piperidine rings is 1. The molecule has 1 aromatic rings. The van der Waals surface area contributed by atoms with E-state index in [1.165, 1.54) is 29.5 Å². The Labute approximate surface area is 206 Å². The second-order valence-corrected chi connectivity index (χ2v) is 9.93. The number of hydrogen-bond acceptors (Lipinski definition) is 4. The van der Waals surface area contributed by atoms with Crippen LogP contribution in [0.3, 0.4) is 0 Å². The van der Waals surface area contributed by atoms with Crippen LogP contribution >= 0.6 is 0 Å². The number of likely N-dealkylation sites (tertiary alicyclic amines) is 1. The average molecular weight is 470 g/mol. The van der Waals surface area contributed by atoms with Crippen LogP contribution in [-0.2, 0) is 19.9 Å². The van der Waals surface area contributed by atoms with Crippen LogP contribution < -0.4 is 10.2 Å². The Morgan fingerprint density at radius 3 is 2.69 bits per heavy atom. The Morgan fingerprint density at radius 1 is 1.14 bits per heavy atom. The zero-order valence-electron chi connectivity index (χ0n) is 20.3. The largest absolute Gasteiger partial charge is 0.374 e. The van der Waals surface area contributed by atoms with Crippen LogP contribution in [0.4, 0.5) is 5.69 Å². The number of allylic oxidation sites excluding steroid dienone is 9. The Hall–Kier alpha value is -3.38. The molecule has 6 heteroatoms. The summed E-state index contributed by atoms with van der Waals surface area (Å²) in [6, 6.07) is 7.84. The molecule has 180 valence electrons. The fraction of sp³-hybridized carbons (Fsp3) is 0.379. The van der Waals surface area contributed by atoms with E-state index in [9.17, 15) is 9.59 Å². The second-order valence-electron chi connectivity index (χ2n) is 9.93. The number of carbonyl (C=O) groups excluding carboxylic acids is 2. The summed E-state index contributed by atoms with van der Waals surface area (Å²) in [5.74, 6) is 0.0794. The number of hydrogen-bond donors (Lipinski definition) is 1. The molecule has 5 aliphatic rings. The summed E-state index contributed by atoms with van der Waals surface area (Å²) in [6.45, 7) is 1.82. The lowest BCUT2D eigenvalue weighted by Gasteiger charge is -2.39. The molecule has 2 heterocycles. The highest BCUT2D eigenvalue weighted by Gasteiger charge is 2.54. The van der Waals surface area contributed by atoms with Gasteiger partial charge in [0.15, 0.2) is 5.60 Å². The smallest absolute Gasteiger partial charge is 0.264 e. The molecular weight excluding hydrogens is 438 g/mol. The first-order chi connectivity index (χ1) is 17.1. The number of benzene rings is 1. The van der Waals surface area contributed by atoms with Crippen LogP contribution in [0.15, 0.2) is 83.1 Å². The lowest BCUT2D eigenvalue weighted by molar-refractivity contribution is -0.146. The van der Waals surface area contributed by atoms with E-state index in [4.69, 9.17) is 4.74 Å². The minimum Gasteiger partial charge on any atom is -0.374 e.